The maximum Gasteiger partial charge on any atom is 0.342 e. The van der Waals surface area contributed by atoms with E-state index in [9.17, 15) is 4.79 Å². The van der Waals surface area contributed by atoms with Crippen LogP contribution in [0.4, 0.5) is 0 Å². The summed E-state index contributed by atoms with van der Waals surface area (Å²) in [7, 11) is 0. The molecule has 0 aromatic heterocycles. The predicted octanol–water partition coefficient (Wildman–Crippen LogP) is 4.41. The van der Waals surface area contributed by atoms with Gasteiger partial charge in [0.2, 0.25) is 0 Å². The van der Waals surface area contributed by atoms with E-state index in [0.717, 1.165) is 12.8 Å². The second-order valence-corrected chi connectivity index (χ2v) is 7.23. The summed E-state index contributed by atoms with van der Waals surface area (Å²) in [6.45, 7) is 15.2. The van der Waals surface area contributed by atoms with Crippen LogP contribution in [0.5, 0.6) is 0 Å². The van der Waals surface area contributed by atoms with E-state index in [1.54, 1.807) is 0 Å². The fraction of sp³-hybridized carbons (Fsp3) is 0.938. The number of esters is 1. The van der Waals surface area contributed by atoms with E-state index < -0.39 is 16.8 Å². The molecular formula is C16H32O4. The first-order valence-electron chi connectivity index (χ1n) is 7.56. The lowest BCUT2D eigenvalue weighted by atomic mass is 9.93. The monoisotopic (exact) mass is 288 g/mol. The molecule has 1 atom stereocenters. The lowest BCUT2D eigenvalue weighted by Crippen LogP contribution is -2.46. The molecule has 0 saturated heterocycles. The highest BCUT2D eigenvalue weighted by Crippen LogP contribution is 2.29. The zero-order valence-electron chi connectivity index (χ0n) is 14.5. The van der Waals surface area contributed by atoms with Gasteiger partial charge in [0.1, 0.15) is 5.60 Å². The fourth-order valence-corrected chi connectivity index (χ4v) is 1.60. The quantitative estimate of drug-likeness (QED) is 0.395. The molecule has 0 aromatic rings. The van der Waals surface area contributed by atoms with Gasteiger partial charge in [0.05, 0.1) is 5.60 Å². The first kappa shape index (κ1) is 19.4. The molecule has 1 unspecified atom stereocenters. The van der Waals surface area contributed by atoms with Crippen molar-refractivity contribution >= 4 is 5.97 Å². The highest BCUT2D eigenvalue weighted by Gasteiger charge is 2.43. The molecule has 120 valence electrons. The molecule has 0 N–H and O–H groups in total. The molecule has 0 amide bonds. The van der Waals surface area contributed by atoms with Crippen molar-refractivity contribution in [2.75, 3.05) is 0 Å². The van der Waals surface area contributed by atoms with Crippen molar-refractivity contribution in [1.29, 1.82) is 0 Å². The SMILES string of the molecule is CCCCC(CC)(OOC(C)(C)C)C(=O)OC(C)(C)C. The predicted molar refractivity (Wildman–Crippen MR) is 80.3 cm³/mol. The molecule has 0 fully saturated rings. The van der Waals surface area contributed by atoms with Crippen molar-refractivity contribution in [2.24, 2.45) is 0 Å². The Balaban J connectivity index is 5.05. The van der Waals surface area contributed by atoms with E-state index in [4.69, 9.17) is 14.5 Å². The Morgan fingerprint density at radius 2 is 1.45 bits per heavy atom. The van der Waals surface area contributed by atoms with Crippen LogP contribution in [-0.4, -0.2) is 22.8 Å². The maximum absolute atomic E-state index is 12.5. The molecule has 0 aliphatic rings. The van der Waals surface area contributed by atoms with Crippen LogP contribution in [0.2, 0.25) is 0 Å². The molecule has 0 aromatic carbocycles. The topological polar surface area (TPSA) is 44.8 Å². The van der Waals surface area contributed by atoms with E-state index in [1.165, 1.54) is 0 Å². The van der Waals surface area contributed by atoms with Gasteiger partial charge in [-0.25, -0.2) is 14.6 Å². The Kier molecular flexibility index (Phi) is 7.19. The maximum atomic E-state index is 12.5. The third kappa shape index (κ3) is 7.25. The second-order valence-electron chi connectivity index (χ2n) is 7.23. The Hall–Kier alpha value is -0.610. The van der Waals surface area contributed by atoms with Crippen molar-refractivity contribution in [3.05, 3.63) is 0 Å². The van der Waals surface area contributed by atoms with E-state index >= 15 is 0 Å². The standard InChI is InChI=1S/C16H32O4/c1-9-11-12-16(10-2,20-19-15(6,7)8)13(17)18-14(3,4)5/h9-12H2,1-8H3. The smallest absolute Gasteiger partial charge is 0.342 e. The molecule has 0 saturated carbocycles. The van der Waals surface area contributed by atoms with Crippen molar-refractivity contribution < 1.29 is 19.3 Å². The number of unbranched alkanes of at least 4 members (excludes halogenated alkanes) is 1. The lowest BCUT2D eigenvalue weighted by molar-refractivity contribution is -0.399. The minimum absolute atomic E-state index is 0.342. The minimum Gasteiger partial charge on any atom is -0.458 e. The Morgan fingerprint density at radius 3 is 1.80 bits per heavy atom. The van der Waals surface area contributed by atoms with Crippen LogP contribution in [0.15, 0.2) is 0 Å². The average Bonchev–Trinajstić information content (AvgIpc) is 2.26. The summed E-state index contributed by atoms with van der Waals surface area (Å²) < 4.78 is 5.51. The number of hydrogen-bond acceptors (Lipinski definition) is 4. The number of hydrogen-bond donors (Lipinski definition) is 0. The first-order chi connectivity index (χ1) is 8.96. The third-order valence-corrected chi connectivity index (χ3v) is 2.73. The van der Waals surface area contributed by atoms with E-state index in [0.29, 0.717) is 12.8 Å². The van der Waals surface area contributed by atoms with E-state index in [1.807, 2.05) is 48.5 Å². The average molecular weight is 288 g/mol. The van der Waals surface area contributed by atoms with Gasteiger partial charge in [0.15, 0.2) is 5.60 Å². The Morgan fingerprint density at radius 1 is 0.900 bits per heavy atom. The van der Waals surface area contributed by atoms with Gasteiger partial charge in [0, 0.05) is 0 Å². The second kappa shape index (κ2) is 7.41. The van der Waals surface area contributed by atoms with Crippen LogP contribution >= 0.6 is 0 Å². The van der Waals surface area contributed by atoms with Crippen LogP contribution in [0.3, 0.4) is 0 Å². The fourth-order valence-electron chi connectivity index (χ4n) is 1.60. The van der Waals surface area contributed by atoms with Crippen LogP contribution in [0, 0.1) is 0 Å². The zero-order chi connectivity index (χ0) is 16.0. The highest BCUT2D eigenvalue weighted by molar-refractivity contribution is 5.79. The Labute approximate surface area is 124 Å². The largest absolute Gasteiger partial charge is 0.458 e. The van der Waals surface area contributed by atoms with Crippen LogP contribution < -0.4 is 0 Å². The van der Waals surface area contributed by atoms with Gasteiger partial charge in [-0.3, -0.25) is 0 Å². The van der Waals surface area contributed by atoms with Crippen LogP contribution in [-0.2, 0) is 19.3 Å². The van der Waals surface area contributed by atoms with Crippen molar-refractivity contribution in [2.45, 2.75) is 97.9 Å². The zero-order valence-corrected chi connectivity index (χ0v) is 14.5. The highest BCUT2D eigenvalue weighted by atomic mass is 17.2. The summed E-state index contributed by atoms with van der Waals surface area (Å²) >= 11 is 0. The van der Waals surface area contributed by atoms with E-state index in [2.05, 4.69) is 6.92 Å². The molecular weight excluding hydrogens is 256 g/mol. The molecule has 4 heteroatoms. The number of carbonyl (C=O) groups is 1. The summed E-state index contributed by atoms with van der Waals surface area (Å²) in [5, 5.41) is 0. The molecule has 0 rings (SSSR count). The van der Waals surface area contributed by atoms with Crippen molar-refractivity contribution in [3.8, 4) is 0 Å². The third-order valence-electron chi connectivity index (χ3n) is 2.73. The van der Waals surface area contributed by atoms with Gasteiger partial charge < -0.3 is 4.74 Å². The van der Waals surface area contributed by atoms with Gasteiger partial charge in [-0.15, -0.1) is 0 Å². The lowest BCUT2D eigenvalue weighted by Gasteiger charge is -2.34. The molecule has 0 radical (unpaired) electrons. The van der Waals surface area contributed by atoms with Crippen LogP contribution in [0.25, 0.3) is 0 Å². The molecule has 0 bridgehead atoms. The van der Waals surface area contributed by atoms with Gasteiger partial charge in [-0.1, -0.05) is 26.7 Å². The van der Waals surface area contributed by atoms with E-state index in [-0.39, 0.29) is 5.97 Å². The molecule has 0 spiro atoms. The first-order valence-corrected chi connectivity index (χ1v) is 7.56. The van der Waals surface area contributed by atoms with Gasteiger partial charge in [-0.05, 0) is 54.4 Å². The van der Waals surface area contributed by atoms with Crippen molar-refractivity contribution in [3.63, 3.8) is 0 Å². The number of carbonyl (C=O) groups excluding carboxylic acids is 1. The summed E-state index contributed by atoms with van der Waals surface area (Å²) in [5.41, 5.74) is -2.01. The molecule has 20 heavy (non-hydrogen) atoms. The summed E-state index contributed by atoms with van der Waals surface area (Å²) in [5.74, 6) is -0.342. The molecule has 0 aliphatic carbocycles. The number of rotatable bonds is 7. The summed E-state index contributed by atoms with van der Waals surface area (Å²) in [6, 6.07) is 0. The molecule has 0 heterocycles. The van der Waals surface area contributed by atoms with Gasteiger partial charge in [0.25, 0.3) is 0 Å². The molecule has 4 nitrogen and oxygen atoms in total. The summed E-state index contributed by atoms with van der Waals surface area (Å²) in [6.07, 6.45) is 3.01. The van der Waals surface area contributed by atoms with Crippen LogP contribution in [0.1, 0.15) is 81.1 Å². The molecule has 0 aliphatic heterocycles. The van der Waals surface area contributed by atoms with Gasteiger partial charge in [-0.2, -0.15) is 0 Å². The number of ether oxygens (including phenoxy) is 1. The normalized spacial score (nSPS) is 15.8. The van der Waals surface area contributed by atoms with Gasteiger partial charge >= 0.3 is 5.97 Å². The Bertz CT molecular complexity index is 299. The van der Waals surface area contributed by atoms with Crippen molar-refractivity contribution in [1.82, 2.24) is 0 Å². The minimum atomic E-state index is -1.02. The summed E-state index contributed by atoms with van der Waals surface area (Å²) in [4.78, 5) is 23.5.